The Labute approximate surface area is 84.5 Å². The maximum atomic E-state index is 9.67. The van der Waals surface area contributed by atoms with Crippen LogP contribution in [-0.2, 0) is 6.54 Å². The minimum absolute atomic E-state index is 0.166. The Balaban J connectivity index is 3.24. The molecule has 0 radical (unpaired) electrons. The van der Waals surface area contributed by atoms with Crippen molar-refractivity contribution >= 4 is 0 Å². The predicted octanol–water partition coefficient (Wildman–Crippen LogP) is 1.98. The zero-order valence-corrected chi connectivity index (χ0v) is 8.87. The standard InChI is InChI=1S/C11H17NO2/c1-7(2)8-4-9(6-12)11(14-3)10(13)5-8/h4-5,7,13H,6,12H2,1-3H3. The number of benzene rings is 1. The summed E-state index contributed by atoms with van der Waals surface area (Å²) in [4.78, 5) is 0. The number of aromatic hydroxyl groups is 1. The molecule has 0 fully saturated rings. The summed E-state index contributed by atoms with van der Waals surface area (Å²) in [5.74, 6) is 1.02. The molecule has 0 amide bonds. The lowest BCUT2D eigenvalue weighted by molar-refractivity contribution is 0.368. The van der Waals surface area contributed by atoms with Crippen LogP contribution in [0.4, 0.5) is 0 Å². The van der Waals surface area contributed by atoms with Crippen LogP contribution >= 0.6 is 0 Å². The minimum atomic E-state index is 0.166. The minimum Gasteiger partial charge on any atom is -0.504 e. The highest BCUT2D eigenvalue weighted by atomic mass is 16.5. The van der Waals surface area contributed by atoms with Gasteiger partial charge in [0.15, 0.2) is 11.5 Å². The monoisotopic (exact) mass is 195 g/mol. The van der Waals surface area contributed by atoms with Crippen molar-refractivity contribution in [3.63, 3.8) is 0 Å². The SMILES string of the molecule is COc1c(O)cc(C(C)C)cc1CN. The van der Waals surface area contributed by atoms with E-state index in [2.05, 4.69) is 13.8 Å². The van der Waals surface area contributed by atoms with Crippen LogP contribution in [0, 0.1) is 0 Å². The van der Waals surface area contributed by atoms with Gasteiger partial charge in [-0.15, -0.1) is 0 Å². The first-order valence-corrected chi connectivity index (χ1v) is 4.70. The third-order valence-corrected chi connectivity index (χ3v) is 2.26. The van der Waals surface area contributed by atoms with Crippen molar-refractivity contribution in [2.24, 2.45) is 5.73 Å². The molecule has 0 aliphatic rings. The average molecular weight is 195 g/mol. The molecule has 1 rings (SSSR count). The highest BCUT2D eigenvalue weighted by Gasteiger charge is 2.11. The number of phenols is 1. The van der Waals surface area contributed by atoms with E-state index in [0.29, 0.717) is 18.2 Å². The summed E-state index contributed by atoms with van der Waals surface area (Å²) < 4.78 is 5.07. The molecule has 0 spiro atoms. The molecular formula is C11H17NO2. The van der Waals surface area contributed by atoms with Gasteiger partial charge in [0.2, 0.25) is 0 Å². The van der Waals surface area contributed by atoms with Crippen LogP contribution in [0.3, 0.4) is 0 Å². The Morgan fingerprint density at radius 3 is 2.50 bits per heavy atom. The quantitative estimate of drug-likeness (QED) is 0.775. The second-order valence-corrected chi connectivity index (χ2v) is 3.59. The average Bonchev–Trinajstić information content (AvgIpc) is 2.16. The summed E-state index contributed by atoms with van der Waals surface area (Å²) in [6.07, 6.45) is 0. The van der Waals surface area contributed by atoms with Crippen LogP contribution in [-0.4, -0.2) is 12.2 Å². The zero-order valence-electron chi connectivity index (χ0n) is 8.87. The maximum absolute atomic E-state index is 9.67. The van der Waals surface area contributed by atoms with Gasteiger partial charge in [0.05, 0.1) is 7.11 Å². The van der Waals surface area contributed by atoms with Gasteiger partial charge in [0, 0.05) is 12.1 Å². The van der Waals surface area contributed by atoms with Crippen LogP contribution in [0.15, 0.2) is 12.1 Å². The Hall–Kier alpha value is -1.22. The van der Waals surface area contributed by atoms with Crippen molar-refractivity contribution in [3.05, 3.63) is 23.3 Å². The molecule has 0 aliphatic carbocycles. The van der Waals surface area contributed by atoms with Crippen LogP contribution in [0.25, 0.3) is 0 Å². The number of hydrogen-bond acceptors (Lipinski definition) is 3. The molecular weight excluding hydrogens is 178 g/mol. The van der Waals surface area contributed by atoms with Crippen molar-refractivity contribution < 1.29 is 9.84 Å². The molecule has 3 N–H and O–H groups in total. The van der Waals surface area contributed by atoms with Crippen LogP contribution in [0.1, 0.15) is 30.9 Å². The number of methoxy groups -OCH3 is 1. The van der Waals surface area contributed by atoms with E-state index in [1.807, 2.05) is 6.07 Å². The molecule has 3 heteroatoms. The first kappa shape index (κ1) is 10.9. The third-order valence-electron chi connectivity index (χ3n) is 2.26. The first-order valence-electron chi connectivity index (χ1n) is 4.70. The van der Waals surface area contributed by atoms with Crippen molar-refractivity contribution in [3.8, 4) is 11.5 Å². The summed E-state index contributed by atoms with van der Waals surface area (Å²) in [7, 11) is 1.53. The van der Waals surface area contributed by atoms with E-state index >= 15 is 0 Å². The van der Waals surface area contributed by atoms with E-state index < -0.39 is 0 Å². The molecule has 78 valence electrons. The lowest BCUT2D eigenvalue weighted by Crippen LogP contribution is -2.02. The Morgan fingerprint density at radius 2 is 2.07 bits per heavy atom. The summed E-state index contributed by atoms with van der Waals surface area (Å²) in [5.41, 5.74) is 7.49. The van der Waals surface area contributed by atoms with Crippen molar-refractivity contribution in [1.82, 2.24) is 0 Å². The highest BCUT2D eigenvalue weighted by molar-refractivity contribution is 5.49. The molecule has 3 nitrogen and oxygen atoms in total. The molecule has 0 saturated carbocycles. The van der Waals surface area contributed by atoms with E-state index in [1.54, 1.807) is 6.07 Å². The highest BCUT2D eigenvalue weighted by Crippen LogP contribution is 2.33. The Bertz CT molecular complexity index is 321. The van der Waals surface area contributed by atoms with Gasteiger partial charge in [-0.25, -0.2) is 0 Å². The fourth-order valence-corrected chi connectivity index (χ4v) is 1.42. The Morgan fingerprint density at radius 1 is 1.43 bits per heavy atom. The molecule has 1 aromatic rings. The van der Waals surface area contributed by atoms with Gasteiger partial charge in [-0.3, -0.25) is 0 Å². The van der Waals surface area contributed by atoms with Gasteiger partial charge >= 0.3 is 0 Å². The lowest BCUT2D eigenvalue weighted by Gasteiger charge is -2.13. The molecule has 0 heterocycles. The van der Waals surface area contributed by atoms with E-state index in [0.717, 1.165) is 11.1 Å². The number of ether oxygens (including phenoxy) is 1. The number of hydrogen-bond donors (Lipinski definition) is 2. The number of phenolic OH excluding ortho intramolecular Hbond substituents is 1. The van der Waals surface area contributed by atoms with Crippen LogP contribution in [0.2, 0.25) is 0 Å². The largest absolute Gasteiger partial charge is 0.504 e. The van der Waals surface area contributed by atoms with E-state index in [4.69, 9.17) is 10.5 Å². The van der Waals surface area contributed by atoms with Crippen LogP contribution in [0.5, 0.6) is 11.5 Å². The maximum Gasteiger partial charge on any atom is 0.164 e. The van der Waals surface area contributed by atoms with Gasteiger partial charge in [0.1, 0.15) is 0 Å². The molecule has 0 aliphatic heterocycles. The lowest BCUT2D eigenvalue weighted by atomic mass is 9.99. The molecule has 0 bridgehead atoms. The van der Waals surface area contributed by atoms with E-state index in [9.17, 15) is 5.11 Å². The second kappa shape index (κ2) is 4.33. The Kier molecular flexibility index (Phi) is 3.36. The van der Waals surface area contributed by atoms with Crippen LogP contribution < -0.4 is 10.5 Å². The van der Waals surface area contributed by atoms with Gasteiger partial charge in [-0.2, -0.15) is 0 Å². The van der Waals surface area contributed by atoms with E-state index in [-0.39, 0.29) is 5.75 Å². The molecule has 0 atom stereocenters. The van der Waals surface area contributed by atoms with Crippen molar-refractivity contribution in [2.45, 2.75) is 26.3 Å². The third kappa shape index (κ3) is 1.99. The summed E-state index contributed by atoms with van der Waals surface area (Å²) in [6, 6.07) is 3.70. The summed E-state index contributed by atoms with van der Waals surface area (Å²) in [6.45, 7) is 4.51. The number of rotatable bonds is 3. The van der Waals surface area contributed by atoms with Gasteiger partial charge in [0.25, 0.3) is 0 Å². The summed E-state index contributed by atoms with van der Waals surface area (Å²) in [5, 5.41) is 9.67. The molecule has 0 saturated heterocycles. The first-order chi connectivity index (χ1) is 6.60. The van der Waals surface area contributed by atoms with Gasteiger partial charge in [-0.1, -0.05) is 19.9 Å². The van der Waals surface area contributed by atoms with Crippen molar-refractivity contribution in [2.75, 3.05) is 7.11 Å². The molecule has 0 unspecified atom stereocenters. The van der Waals surface area contributed by atoms with Crippen molar-refractivity contribution in [1.29, 1.82) is 0 Å². The molecule has 1 aromatic carbocycles. The summed E-state index contributed by atoms with van der Waals surface area (Å²) >= 11 is 0. The van der Waals surface area contributed by atoms with Gasteiger partial charge in [-0.05, 0) is 17.5 Å². The topological polar surface area (TPSA) is 55.5 Å². The van der Waals surface area contributed by atoms with Gasteiger partial charge < -0.3 is 15.6 Å². The normalized spacial score (nSPS) is 10.6. The fraction of sp³-hybridized carbons (Fsp3) is 0.455. The number of nitrogens with two attached hydrogens (primary N) is 1. The molecule has 0 aromatic heterocycles. The molecule has 14 heavy (non-hydrogen) atoms. The zero-order chi connectivity index (χ0) is 10.7. The second-order valence-electron chi connectivity index (χ2n) is 3.59. The fourth-order valence-electron chi connectivity index (χ4n) is 1.42. The predicted molar refractivity (Wildman–Crippen MR) is 56.6 cm³/mol. The smallest absolute Gasteiger partial charge is 0.164 e. The van der Waals surface area contributed by atoms with E-state index in [1.165, 1.54) is 7.11 Å².